The highest BCUT2D eigenvalue weighted by molar-refractivity contribution is 7.91. The molecule has 1 unspecified atom stereocenters. The Hall–Kier alpha value is -1.53. The van der Waals surface area contributed by atoms with Crippen molar-refractivity contribution < 1.29 is 14.1 Å². The van der Waals surface area contributed by atoms with Crippen LogP contribution < -0.4 is 5.32 Å². The number of hydrogen-bond donors (Lipinski definition) is 1. The average Bonchev–Trinajstić information content (AvgIpc) is 2.44. The first kappa shape index (κ1) is 21.5. The third-order valence-electron chi connectivity index (χ3n) is 3.19. The third kappa shape index (κ3) is 8.40. The van der Waals surface area contributed by atoms with Gasteiger partial charge in [-0.1, -0.05) is 34.7 Å². The van der Waals surface area contributed by atoms with Crippen molar-refractivity contribution in [3.63, 3.8) is 0 Å². The largest absolute Gasteiger partial charge is 0.591 e. The molecule has 5 nitrogen and oxygen atoms in total. The van der Waals surface area contributed by atoms with E-state index in [1.54, 1.807) is 0 Å². The molecule has 1 N–H and O–H groups in total. The quantitative estimate of drug-likeness (QED) is 0.631. The highest BCUT2D eigenvalue weighted by Crippen LogP contribution is 2.19. The van der Waals surface area contributed by atoms with Crippen LogP contribution in [0.15, 0.2) is 34.7 Å². The van der Waals surface area contributed by atoms with E-state index in [0.717, 1.165) is 5.56 Å². The zero-order valence-corrected chi connectivity index (χ0v) is 17.1. The van der Waals surface area contributed by atoms with Crippen LogP contribution in [0, 0.1) is 0 Å². The zero-order chi connectivity index (χ0) is 19.3. The van der Waals surface area contributed by atoms with Gasteiger partial charge in [0.25, 0.3) is 0 Å². The molecular weight excluding hydrogens is 336 g/mol. The first-order valence-corrected chi connectivity index (χ1v) is 9.52. The Labute approximate surface area is 154 Å². The molecule has 0 aliphatic carbocycles. The van der Waals surface area contributed by atoms with E-state index in [0.29, 0.717) is 12.1 Å². The van der Waals surface area contributed by atoms with Crippen molar-refractivity contribution in [1.82, 2.24) is 5.32 Å². The fraction of sp³-hybridized carbons (Fsp3) is 0.579. The minimum absolute atomic E-state index is 0.388. The lowest BCUT2D eigenvalue weighted by atomic mass is 10.0. The van der Waals surface area contributed by atoms with E-state index in [9.17, 15) is 9.35 Å². The van der Waals surface area contributed by atoms with Crippen LogP contribution in [0.5, 0.6) is 0 Å². The maximum Gasteiger partial charge on any atom is 0.408 e. The van der Waals surface area contributed by atoms with Crippen molar-refractivity contribution >= 4 is 23.2 Å². The maximum absolute atomic E-state index is 12.5. The van der Waals surface area contributed by atoms with E-state index in [1.807, 2.05) is 78.8 Å². The van der Waals surface area contributed by atoms with Crippen molar-refractivity contribution in [3.8, 4) is 0 Å². The molecule has 2 atom stereocenters. The minimum Gasteiger partial charge on any atom is -0.591 e. The van der Waals surface area contributed by atoms with Crippen molar-refractivity contribution in [2.45, 2.75) is 71.3 Å². The topological polar surface area (TPSA) is 73.8 Å². The normalized spacial score (nSPS) is 15.4. The van der Waals surface area contributed by atoms with E-state index in [2.05, 4.69) is 9.71 Å². The molecule has 0 spiro atoms. The van der Waals surface area contributed by atoms with Crippen molar-refractivity contribution in [2.75, 3.05) is 0 Å². The molecule has 1 aromatic rings. The van der Waals surface area contributed by atoms with Gasteiger partial charge >= 0.3 is 6.09 Å². The lowest BCUT2D eigenvalue weighted by molar-refractivity contribution is 0.0521. The Morgan fingerprint density at radius 1 is 1.20 bits per heavy atom. The summed E-state index contributed by atoms with van der Waals surface area (Å²) in [6.45, 7) is 12.9. The summed E-state index contributed by atoms with van der Waals surface area (Å²) in [4.78, 5) is 12.0. The minimum atomic E-state index is -1.40. The Kier molecular flexibility index (Phi) is 7.50. The zero-order valence-electron chi connectivity index (χ0n) is 16.3. The highest BCUT2D eigenvalue weighted by atomic mass is 32.2. The second kappa shape index (κ2) is 8.72. The van der Waals surface area contributed by atoms with Crippen LogP contribution in [0.25, 0.3) is 0 Å². The van der Waals surface area contributed by atoms with Crippen LogP contribution >= 0.6 is 0 Å². The predicted molar refractivity (Wildman–Crippen MR) is 104 cm³/mol. The molecule has 0 saturated carbocycles. The number of rotatable bonds is 5. The van der Waals surface area contributed by atoms with Gasteiger partial charge in [-0.15, -0.1) is 0 Å². The second-order valence-corrected chi connectivity index (χ2v) is 9.88. The Morgan fingerprint density at radius 3 is 2.24 bits per heavy atom. The number of amides is 1. The summed E-state index contributed by atoms with van der Waals surface area (Å²) in [6, 6.07) is 9.40. The summed E-state index contributed by atoms with van der Waals surface area (Å²) in [5.41, 5.74) is 1.13. The number of carbonyl (C=O) groups excluding carboxylic acids is 1. The molecule has 0 aliphatic rings. The maximum atomic E-state index is 12.5. The van der Waals surface area contributed by atoms with Gasteiger partial charge in [0.1, 0.15) is 21.7 Å². The van der Waals surface area contributed by atoms with E-state index < -0.39 is 27.8 Å². The van der Waals surface area contributed by atoms with Gasteiger partial charge in [0.2, 0.25) is 0 Å². The van der Waals surface area contributed by atoms with Gasteiger partial charge in [-0.05, 0) is 54.0 Å². The molecule has 1 rings (SSSR count). The predicted octanol–water partition coefficient (Wildman–Crippen LogP) is 4.05. The molecule has 0 aliphatic heterocycles. The molecule has 0 saturated heterocycles. The van der Waals surface area contributed by atoms with Crippen LogP contribution in [0.1, 0.15) is 54.0 Å². The first-order valence-electron chi connectivity index (χ1n) is 8.41. The summed E-state index contributed by atoms with van der Waals surface area (Å²) in [7, 11) is 0. The average molecular weight is 367 g/mol. The Bertz CT molecular complexity index is 589. The van der Waals surface area contributed by atoms with Crippen LogP contribution in [0.3, 0.4) is 0 Å². The number of alkyl carbamates (subject to hydrolysis) is 1. The fourth-order valence-electron chi connectivity index (χ4n) is 1.88. The van der Waals surface area contributed by atoms with Gasteiger partial charge in [0, 0.05) is 6.42 Å². The van der Waals surface area contributed by atoms with Gasteiger partial charge in [-0.2, -0.15) is 0 Å². The standard InChI is InChI=1S/C19H30N2O3S/c1-14(20-17(22)24-18(2,3)4)16(21-25(23)19(5,6)7)13-15-11-9-8-10-12-15/h8-12,14H,13H2,1-7H3,(H,20,22)/b21-16+/t14-,25?/m0/s1. The molecule has 140 valence electrons. The molecule has 1 aromatic carbocycles. The number of nitrogens with one attached hydrogen (secondary N) is 1. The number of hydrogen-bond acceptors (Lipinski definition) is 4. The fourth-order valence-corrected chi connectivity index (χ4v) is 2.59. The molecule has 0 heterocycles. The molecule has 0 bridgehead atoms. The molecule has 25 heavy (non-hydrogen) atoms. The lowest BCUT2D eigenvalue weighted by Crippen LogP contribution is -2.43. The smallest absolute Gasteiger partial charge is 0.408 e. The van der Waals surface area contributed by atoms with Crippen molar-refractivity contribution in [3.05, 3.63) is 35.9 Å². The molecule has 6 heteroatoms. The molecule has 0 fully saturated rings. The van der Waals surface area contributed by atoms with Crippen LogP contribution in [0.2, 0.25) is 0 Å². The van der Waals surface area contributed by atoms with E-state index in [1.165, 1.54) is 0 Å². The van der Waals surface area contributed by atoms with Gasteiger partial charge in [0.05, 0.1) is 11.8 Å². The van der Waals surface area contributed by atoms with E-state index in [4.69, 9.17) is 4.74 Å². The summed E-state index contributed by atoms with van der Waals surface area (Å²) in [5, 5.41) is 2.79. The van der Waals surface area contributed by atoms with Gasteiger partial charge in [0.15, 0.2) is 0 Å². The Morgan fingerprint density at radius 2 is 1.76 bits per heavy atom. The van der Waals surface area contributed by atoms with E-state index >= 15 is 0 Å². The molecule has 1 amide bonds. The summed E-state index contributed by atoms with van der Waals surface area (Å²) >= 11 is -1.40. The molecular formula is C19H30N2O3S. The molecule has 0 aromatic heterocycles. The van der Waals surface area contributed by atoms with Crippen molar-refractivity contribution in [2.24, 2.45) is 4.40 Å². The SMILES string of the molecule is C[C@H](NC(=O)OC(C)(C)C)/C(Cc1ccccc1)=N/[S+]([O-])C(C)(C)C. The number of ether oxygens (including phenoxy) is 1. The van der Waals surface area contributed by atoms with Crippen LogP contribution in [-0.4, -0.2) is 32.7 Å². The Balaban J connectivity index is 2.97. The monoisotopic (exact) mass is 366 g/mol. The number of nitrogens with zero attached hydrogens (tertiary/aromatic N) is 1. The summed E-state index contributed by atoms with van der Waals surface area (Å²) in [5.74, 6) is 0. The van der Waals surface area contributed by atoms with E-state index in [-0.39, 0.29) is 6.04 Å². The van der Waals surface area contributed by atoms with Crippen LogP contribution in [-0.2, 0) is 22.5 Å². The van der Waals surface area contributed by atoms with Gasteiger partial charge in [-0.3, -0.25) is 0 Å². The van der Waals surface area contributed by atoms with Crippen molar-refractivity contribution in [1.29, 1.82) is 0 Å². The van der Waals surface area contributed by atoms with Gasteiger partial charge in [-0.25, -0.2) is 4.79 Å². The highest BCUT2D eigenvalue weighted by Gasteiger charge is 2.29. The van der Waals surface area contributed by atoms with Crippen LogP contribution in [0.4, 0.5) is 4.79 Å². The first-order chi connectivity index (χ1) is 11.4. The number of carbonyl (C=O) groups is 1. The number of benzene rings is 1. The third-order valence-corrected chi connectivity index (χ3v) is 4.63. The van der Waals surface area contributed by atoms with Gasteiger partial charge < -0.3 is 14.6 Å². The summed E-state index contributed by atoms with van der Waals surface area (Å²) < 4.78 is 21.7. The molecule has 0 radical (unpaired) electrons. The lowest BCUT2D eigenvalue weighted by Gasteiger charge is -2.24. The summed E-state index contributed by atoms with van der Waals surface area (Å²) in [6.07, 6.45) is 0.00176. The second-order valence-electron chi connectivity index (χ2n) is 7.97.